The SMILES string of the molecule is O=C(C1CCC1)N(CCn1ccc(C(F)(F)F)n1)C1CCCC1. The Bertz CT molecular complexity index is 545. The Kier molecular flexibility index (Phi) is 4.64. The van der Waals surface area contributed by atoms with Gasteiger partial charge < -0.3 is 4.90 Å². The van der Waals surface area contributed by atoms with Gasteiger partial charge in [0, 0.05) is 24.7 Å². The summed E-state index contributed by atoms with van der Waals surface area (Å²) in [5.74, 6) is 0.310. The number of halogens is 3. The highest BCUT2D eigenvalue weighted by molar-refractivity contribution is 5.80. The molecule has 0 atom stereocenters. The van der Waals surface area contributed by atoms with E-state index in [-0.39, 0.29) is 17.9 Å². The summed E-state index contributed by atoms with van der Waals surface area (Å²) in [4.78, 5) is 14.5. The molecular formula is C16H22F3N3O. The van der Waals surface area contributed by atoms with Gasteiger partial charge in [0.25, 0.3) is 0 Å². The fourth-order valence-electron chi connectivity index (χ4n) is 3.43. The van der Waals surface area contributed by atoms with Crippen LogP contribution < -0.4 is 0 Å². The number of alkyl halides is 3. The third kappa shape index (κ3) is 3.70. The van der Waals surface area contributed by atoms with Crippen molar-refractivity contribution in [1.82, 2.24) is 14.7 Å². The van der Waals surface area contributed by atoms with Crippen molar-refractivity contribution in [3.8, 4) is 0 Å². The van der Waals surface area contributed by atoms with Gasteiger partial charge in [0.05, 0.1) is 6.54 Å². The van der Waals surface area contributed by atoms with E-state index in [9.17, 15) is 18.0 Å². The van der Waals surface area contributed by atoms with Gasteiger partial charge >= 0.3 is 6.18 Å². The van der Waals surface area contributed by atoms with Crippen LogP contribution in [0.15, 0.2) is 12.3 Å². The van der Waals surface area contributed by atoms with E-state index in [0.29, 0.717) is 13.1 Å². The van der Waals surface area contributed by atoms with Crippen LogP contribution in [0, 0.1) is 5.92 Å². The molecule has 0 bridgehead atoms. The Balaban J connectivity index is 1.63. The predicted molar refractivity (Wildman–Crippen MR) is 78.5 cm³/mol. The van der Waals surface area contributed by atoms with Crippen LogP contribution in [0.3, 0.4) is 0 Å². The summed E-state index contributed by atoms with van der Waals surface area (Å²) in [6, 6.07) is 1.23. The molecule has 1 heterocycles. The van der Waals surface area contributed by atoms with Gasteiger partial charge in [-0.05, 0) is 31.7 Å². The monoisotopic (exact) mass is 329 g/mol. The summed E-state index contributed by atoms with van der Waals surface area (Å²) in [6.07, 6.45) is 4.17. The van der Waals surface area contributed by atoms with Crippen LogP contribution in [-0.4, -0.2) is 33.2 Å². The quantitative estimate of drug-likeness (QED) is 0.829. The molecule has 2 aliphatic carbocycles. The molecule has 1 aromatic rings. The molecule has 2 aliphatic rings. The van der Waals surface area contributed by atoms with Gasteiger partial charge in [0.2, 0.25) is 5.91 Å². The number of carbonyl (C=O) groups excluding carboxylic acids is 1. The first-order valence-corrected chi connectivity index (χ1v) is 8.36. The van der Waals surface area contributed by atoms with E-state index in [1.165, 1.54) is 10.9 Å². The van der Waals surface area contributed by atoms with Gasteiger partial charge in [0.15, 0.2) is 5.69 Å². The average Bonchev–Trinajstić information content (AvgIpc) is 3.06. The minimum Gasteiger partial charge on any atom is -0.338 e. The number of amides is 1. The lowest BCUT2D eigenvalue weighted by Crippen LogP contribution is -2.45. The second-order valence-corrected chi connectivity index (χ2v) is 6.56. The molecule has 4 nitrogen and oxygen atoms in total. The fraction of sp³-hybridized carbons (Fsp3) is 0.750. The first-order valence-electron chi connectivity index (χ1n) is 8.36. The topological polar surface area (TPSA) is 38.1 Å². The van der Waals surface area contributed by atoms with Crippen LogP contribution in [0.4, 0.5) is 13.2 Å². The van der Waals surface area contributed by atoms with Crippen LogP contribution in [-0.2, 0) is 17.5 Å². The van der Waals surface area contributed by atoms with Gasteiger partial charge in [-0.2, -0.15) is 18.3 Å². The van der Waals surface area contributed by atoms with E-state index >= 15 is 0 Å². The van der Waals surface area contributed by atoms with Crippen molar-refractivity contribution in [2.75, 3.05) is 6.54 Å². The molecule has 2 fully saturated rings. The number of rotatable bonds is 5. The van der Waals surface area contributed by atoms with Gasteiger partial charge in [0.1, 0.15) is 0 Å². The molecule has 0 unspecified atom stereocenters. The first kappa shape index (κ1) is 16.3. The Morgan fingerprint density at radius 3 is 2.43 bits per heavy atom. The molecule has 1 aromatic heterocycles. The maximum atomic E-state index is 12.6. The van der Waals surface area contributed by atoms with Crippen LogP contribution in [0.25, 0.3) is 0 Å². The third-order valence-electron chi connectivity index (χ3n) is 5.00. The van der Waals surface area contributed by atoms with E-state index in [2.05, 4.69) is 5.10 Å². The molecule has 3 rings (SSSR count). The smallest absolute Gasteiger partial charge is 0.338 e. The Morgan fingerprint density at radius 1 is 1.22 bits per heavy atom. The van der Waals surface area contributed by atoms with Crippen molar-refractivity contribution in [2.45, 2.75) is 63.7 Å². The van der Waals surface area contributed by atoms with E-state index in [1.54, 1.807) is 0 Å². The van der Waals surface area contributed by atoms with Crippen molar-refractivity contribution >= 4 is 5.91 Å². The van der Waals surface area contributed by atoms with Crippen molar-refractivity contribution < 1.29 is 18.0 Å². The standard InChI is InChI=1S/C16H22F3N3O/c17-16(18,19)14-8-9-21(20-14)10-11-22(13-6-1-2-7-13)15(23)12-4-3-5-12/h8-9,12-13H,1-7,10-11H2. The molecule has 0 radical (unpaired) electrons. The van der Waals surface area contributed by atoms with Gasteiger partial charge in [-0.1, -0.05) is 19.3 Å². The van der Waals surface area contributed by atoms with Crippen molar-refractivity contribution in [3.63, 3.8) is 0 Å². The molecule has 0 aromatic carbocycles. The highest BCUT2D eigenvalue weighted by Crippen LogP contribution is 2.32. The summed E-state index contributed by atoms with van der Waals surface area (Å²) in [5, 5.41) is 3.57. The zero-order chi connectivity index (χ0) is 16.4. The molecular weight excluding hydrogens is 307 g/mol. The largest absolute Gasteiger partial charge is 0.435 e. The zero-order valence-electron chi connectivity index (χ0n) is 13.1. The average molecular weight is 329 g/mol. The summed E-state index contributed by atoms with van der Waals surface area (Å²) in [7, 11) is 0. The van der Waals surface area contributed by atoms with E-state index in [1.807, 2.05) is 4.90 Å². The first-order chi connectivity index (χ1) is 10.9. The lowest BCUT2D eigenvalue weighted by Gasteiger charge is -2.35. The molecule has 0 saturated heterocycles. The molecule has 1 amide bonds. The van der Waals surface area contributed by atoms with Gasteiger partial charge in [-0.3, -0.25) is 9.48 Å². The van der Waals surface area contributed by atoms with Crippen molar-refractivity contribution in [3.05, 3.63) is 18.0 Å². The summed E-state index contributed by atoms with van der Waals surface area (Å²) in [5.41, 5.74) is -0.879. The summed E-state index contributed by atoms with van der Waals surface area (Å²) in [6.45, 7) is 0.754. The van der Waals surface area contributed by atoms with Crippen LogP contribution in [0.5, 0.6) is 0 Å². The maximum Gasteiger partial charge on any atom is 0.435 e. The fourth-order valence-corrected chi connectivity index (χ4v) is 3.43. The Morgan fingerprint density at radius 2 is 1.91 bits per heavy atom. The number of carbonyl (C=O) groups is 1. The number of aromatic nitrogens is 2. The van der Waals surface area contributed by atoms with E-state index in [0.717, 1.165) is 51.0 Å². The minimum absolute atomic E-state index is 0.124. The van der Waals surface area contributed by atoms with Gasteiger partial charge in [-0.15, -0.1) is 0 Å². The normalized spacial score (nSPS) is 19.8. The number of hydrogen-bond acceptors (Lipinski definition) is 2. The number of hydrogen-bond donors (Lipinski definition) is 0. The second kappa shape index (κ2) is 6.53. The molecule has 0 N–H and O–H groups in total. The van der Waals surface area contributed by atoms with E-state index in [4.69, 9.17) is 0 Å². The van der Waals surface area contributed by atoms with E-state index < -0.39 is 11.9 Å². The predicted octanol–water partition coefficient (Wildman–Crippen LogP) is 3.47. The lowest BCUT2D eigenvalue weighted by atomic mass is 9.84. The zero-order valence-corrected chi connectivity index (χ0v) is 13.1. The summed E-state index contributed by atoms with van der Waals surface area (Å²) < 4.78 is 39.1. The number of nitrogens with zero attached hydrogens (tertiary/aromatic N) is 3. The highest BCUT2D eigenvalue weighted by atomic mass is 19.4. The maximum absolute atomic E-state index is 12.6. The van der Waals surface area contributed by atoms with Crippen LogP contribution in [0.2, 0.25) is 0 Å². The highest BCUT2D eigenvalue weighted by Gasteiger charge is 2.35. The van der Waals surface area contributed by atoms with Crippen LogP contribution >= 0.6 is 0 Å². The third-order valence-corrected chi connectivity index (χ3v) is 5.00. The second-order valence-electron chi connectivity index (χ2n) is 6.56. The van der Waals surface area contributed by atoms with Gasteiger partial charge in [-0.25, -0.2) is 0 Å². The molecule has 7 heteroatoms. The summed E-state index contributed by atoms with van der Waals surface area (Å²) >= 11 is 0. The Hall–Kier alpha value is -1.53. The lowest BCUT2D eigenvalue weighted by molar-refractivity contribution is -0.142. The van der Waals surface area contributed by atoms with Crippen molar-refractivity contribution in [2.24, 2.45) is 5.92 Å². The molecule has 23 heavy (non-hydrogen) atoms. The molecule has 2 saturated carbocycles. The molecule has 128 valence electrons. The van der Waals surface area contributed by atoms with Crippen molar-refractivity contribution in [1.29, 1.82) is 0 Å². The van der Waals surface area contributed by atoms with Crippen LogP contribution in [0.1, 0.15) is 50.6 Å². The molecule has 0 aliphatic heterocycles. The molecule has 0 spiro atoms. The minimum atomic E-state index is -4.42. The Labute approximate surface area is 133 Å².